The molecule has 0 fully saturated rings. The third kappa shape index (κ3) is 4.25. The number of benzene rings is 2. The summed E-state index contributed by atoms with van der Waals surface area (Å²) in [5, 5.41) is 0. The monoisotopic (exact) mass is 392 g/mol. The lowest BCUT2D eigenvalue weighted by molar-refractivity contribution is -0.145. The quantitative estimate of drug-likeness (QED) is 0.598. The van der Waals surface area contributed by atoms with Crippen LogP contribution < -0.4 is 9.46 Å². The predicted molar refractivity (Wildman–Crippen MR) is 95.6 cm³/mol. The number of para-hydroxylation sites is 1. The summed E-state index contributed by atoms with van der Waals surface area (Å²) < 4.78 is 50.0. The molecule has 0 bridgehead atoms. The Balaban J connectivity index is 1.57. The van der Waals surface area contributed by atoms with Gasteiger partial charge in [0, 0.05) is 5.56 Å². The molecule has 0 saturated heterocycles. The van der Waals surface area contributed by atoms with Gasteiger partial charge in [-0.1, -0.05) is 24.3 Å². The topological polar surface area (TPSA) is 94.1 Å². The number of fused-ring (bicyclic) bond motifs is 1. The molecule has 0 aromatic heterocycles. The third-order valence-electron chi connectivity index (χ3n) is 3.75. The highest BCUT2D eigenvalue weighted by Gasteiger charge is 2.31. The van der Waals surface area contributed by atoms with E-state index in [-0.39, 0.29) is 29.7 Å². The number of aliphatic imine (C=N–C) groups is 1. The summed E-state index contributed by atoms with van der Waals surface area (Å²) in [6.07, 6.45) is 0. The third-order valence-corrected chi connectivity index (χ3v) is 5.15. The van der Waals surface area contributed by atoms with E-state index in [1.54, 1.807) is 30.3 Å². The molecular weight excluding hydrogens is 375 g/mol. The van der Waals surface area contributed by atoms with Crippen molar-refractivity contribution in [3.63, 3.8) is 0 Å². The lowest BCUT2D eigenvalue weighted by Crippen LogP contribution is -2.27. The molecule has 1 N–H and O–H groups in total. The fourth-order valence-electron chi connectivity index (χ4n) is 2.45. The highest BCUT2D eigenvalue weighted by molar-refractivity contribution is 7.90. The molecular formula is C18H17FN2O5S. The number of nitrogens with one attached hydrogen (secondary N) is 1. The van der Waals surface area contributed by atoms with Crippen LogP contribution in [0, 0.1) is 5.82 Å². The molecule has 9 heteroatoms. The van der Waals surface area contributed by atoms with Gasteiger partial charge in [-0.15, -0.1) is 0 Å². The summed E-state index contributed by atoms with van der Waals surface area (Å²) in [4.78, 5) is 16.3. The minimum atomic E-state index is -3.67. The smallest absolute Gasteiger partial charge is 0.330 e. The van der Waals surface area contributed by atoms with Gasteiger partial charge in [0.1, 0.15) is 25.1 Å². The van der Waals surface area contributed by atoms with Gasteiger partial charge >= 0.3 is 5.97 Å². The van der Waals surface area contributed by atoms with Gasteiger partial charge in [-0.05, 0) is 31.2 Å². The maximum atomic E-state index is 13.4. The Morgan fingerprint density at radius 2 is 1.85 bits per heavy atom. The Morgan fingerprint density at radius 3 is 2.63 bits per heavy atom. The minimum Gasteiger partial charge on any atom is -0.487 e. The van der Waals surface area contributed by atoms with Crippen molar-refractivity contribution in [3.8, 4) is 5.75 Å². The maximum absolute atomic E-state index is 13.4. The Labute approximate surface area is 155 Å². The molecule has 3 rings (SSSR count). The van der Waals surface area contributed by atoms with Crippen LogP contribution >= 0.6 is 0 Å². The molecule has 7 nitrogen and oxygen atoms in total. The van der Waals surface area contributed by atoms with Crippen LogP contribution in [0.3, 0.4) is 0 Å². The lowest BCUT2D eigenvalue weighted by atomic mass is 10.2. The summed E-state index contributed by atoms with van der Waals surface area (Å²) in [7, 11) is -3.67. The van der Waals surface area contributed by atoms with E-state index in [4.69, 9.17) is 9.47 Å². The van der Waals surface area contributed by atoms with Crippen LogP contribution in [0.1, 0.15) is 12.5 Å². The number of nitrogens with zero attached hydrogens (tertiary/aromatic N) is 1. The van der Waals surface area contributed by atoms with Gasteiger partial charge in [0.25, 0.3) is 10.0 Å². The van der Waals surface area contributed by atoms with Gasteiger partial charge < -0.3 is 9.47 Å². The Hall–Kier alpha value is -2.94. The highest BCUT2D eigenvalue weighted by Crippen LogP contribution is 2.22. The molecule has 1 atom stereocenters. The average Bonchev–Trinajstić information content (AvgIpc) is 2.90. The summed E-state index contributed by atoms with van der Waals surface area (Å²) >= 11 is 0. The van der Waals surface area contributed by atoms with Crippen molar-refractivity contribution in [1.82, 2.24) is 4.72 Å². The van der Waals surface area contributed by atoms with Crippen LogP contribution in [-0.4, -0.2) is 39.5 Å². The first-order valence-corrected chi connectivity index (χ1v) is 9.61. The van der Waals surface area contributed by atoms with Crippen molar-refractivity contribution in [2.75, 3.05) is 13.2 Å². The molecule has 0 radical (unpaired) electrons. The molecule has 0 spiro atoms. The van der Waals surface area contributed by atoms with E-state index in [1.165, 1.54) is 25.1 Å². The summed E-state index contributed by atoms with van der Waals surface area (Å²) in [6, 6.07) is 11.3. The number of halogens is 1. The van der Waals surface area contributed by atoms with E-state index >= 15 is 0 Å². The van der Waals surface area contributed by atoms with E-state index in [0.717, 1.165) is 0 Å². The number of carbonyl (C=O) groups excluding carboxylic acids is 1. The fourth-order valence-corrected chi connectivity index (χ4v) is 3.69. The van der Waals surface area contributed by atoms with E-state index in [9.17, 15) is 17.6 Å². The Bertz CT molecular complexity index is 991. The zero-order chi connectivity index (χ0) is 19.4. The largest absolute Gasteiger partial charge is 0.487 e. The van der Waals surface area contributed by atoms with Crippen molar-refractivity contribution < 1.29 is 27.1 Å². The zero-order valence-corrected chi connectivity index (χ0v) is 15.2. The zero-order valence-electron chi connectivity index (χ0n) is 14.4. The fraction of sp³-hybridized carbons (Fsp3) is 0.222. The number of hydrogen-bond acceptors (Lipinski definition) is 6. The van der Waals surface area contributed by atoms with E-state index in [0.29, 0.717) is 5.56 Å². The molecule has 2 aromatic rings. The minimum absolute atomic E-state index is 0.0224. The maximum Gasteiger partial charge on any atom is 0.330 e. The lowest BCUT2D eigenvalue weighted by Gasteiger charge is -2.10. The molecule has 0 saturated carbocycles. The van der Waals surface area contributed by atoms with Crippen molar-refractivity contribution in [2.24, 2.45) is 4.99 Å². The second-order valence-electron chi connectivity index (χ2n) is 5.70. The van der Waals surface area contributed by atoms with E-state index in [1.807, 2.05) is 0 Å². The second-order valence-corrected chi connectivity index (χ2v) is 7.35. The molecule has 0 unspecified atom stereocenters. The van der Waals surface area contributed by atoms with Crippen LogP contribution in [-0.2, 0) is 19.6 Å². The van der Waals surface area contributed by atoms with E-state index in [2.05, 4.69) is 9.71 Å². The molecule has 1 aliphatic rings. The first kappa shape index (κ1) is 18.8. The Kier molecular flexibility index (Phi) is 5.41. The molecule has 27 heavy (non-hydrogen) atoms. The van der Waals surface area contributed by atoms with E-state index < -0.39 is 27.9 Å². The average molecular weight is 392 g/mol. The van der Waals surface area contributed by atoms with Crippen LogP contribution in [0.5, 0.6) is 5.75 Å². The normalized spacial score (nSPS) is 17.0. The molecule has 142 valence electrons. The molecule has 1 heterocycles. The predicted octanol–water partition coefficient (Wildman–Crippen LogP) is 1.87. The molecule has 0 aliphatic carbocycles. The van der Waals surface area contributed by atoms with Crippen LogP contribution in [0.2, 0.25) is 0 Å². The summed E-state index contributed by atoms with van der Waals surface area (Å²) in [6.45, 7) is 1.37. The van der Waals surface area contributed by atoms with Crippen molar-refractivity contribution >= 4 is 21.8 Å². The highest BCUT2D eigenvalue weighted by atomic mass is 32.2. The number of hydrogen-bond donors (Lipinski definition) is 1. The number of sulfonamides is 1. The molecule has 1 aliphatic heterocycles. The Morgan fingerprint density at radius 1 is 1.15 bits per heavy atom. The van der Waals surface area contributed by atoms with Gasteiger partial charge in [-0.25, -0.2) is 17.6 Å². The molecule has 2 aromatic carbocycles. The number of esters is 1. The standard InChI is InChI=1S/C18H17FN2O5S/c1-12(18(22)26-11-10-25-15-8-4-3-7-14(15)19)20-17-13-6-2-5-9-16(13)27(23,24)21-17/h2-9,12H,10-11H2,1H3,(H,20,21)/t12-/m0/s1. The number of rotatable bonds is 6. The summed E-state index contributed by atoms with van der Waals surface area (Å²) in [5.41, 5.74) is 0.403. The van der Waals surface area contributed by atoms with Gasteiger partial charge in [0.2, 0.25) is 0 Å². The van der Waals surface area contributed by atoms with Crippen LogP contribution in [0.4, 0.5) is 4.39 Å². The number of carbonyl (C=O) groups is 1. The number of ether oxygens (including phenoxy) is 2. The van der Waals surface area contributed by atoms with Crippen molar-refractivity contribution in [3.05, 3.63) is 59.9 Å². The van der Waals surface area contributed by atoms with Gasteiger partial charge in [0.15, 0.2) is 11.6 Å². The van der Waals surface area contributed by atoms with Crippen LogP contribution in [0.15, 0.2) is 58.4 Å². The van der Waals surface area contributed by atoms with Crippen LogP contribution in [0.25, 0.3) is 0 Å². The van der Waals surface area contributed by atoms with Gasteiger partial charge in [-0.2, -0.15) is 0 Å². The van der Waals surface area contributed by atoms with Crippen molar-refractivity contribution in [2.45, 2.75) is 17.9 Å². The van der Waals surface area contributed by atoms with Crippen molar-refractivity contribution in [1.29, 1.82) is 0 Å². The SMILES string of the molecule is C[C@H](N=C1NS(=O)(=O)c2ccccc21)C(=O)OCCOc1ccccc1F. The summed E-state index contributed by atoms with van der Waals surface area (Å²) in [5.74, 6) is -0.990. The van der Waals surface area contributed by atoms with Gasteiger partial charge in [0.05, 0.1) is 4.90 Å². The second kappa shape index (κ2) is 7.75. The first-order chi connectivity index (χ1) is 12.9. The first-order valence-electron chi connectivity index (χ1n) is 8.12. The number of amidine groups is 1. The molecule has 0 amide bonds. The van der Waals surface area contributed by atoms with Gasteiger partial charge in [-0.3, -0.25) is 9.71 Å².